The van der Waals surface area contributed by atoms with E-state index in [4.69, 9.17) is 4.98 Å². The Labute approximate surface area is 116 Å². The highest BCUT2D eigenvalue weighted by molar-refractivity contribution is 7.19. The number of thiazole rings is 2. The highest BCUT2D eigenvalue weighted by atomic mass is 32.1. The second kappa shape index (κ2) is 5.24. The zero-order valence-electron chi connectivity index (χ0n) is 11.3. The van der Waals surface area contributed by atoms with Gasteiger partial charge in [0.25, 0.3) is 0 Å². The molecule has 0 amide bonds. The van der Waals surface area contributed by atoms with E-state index >= 15 is 0 Å². The lowest BCUT2D eigenvalue weighted by atomic mass is 10.1. The van der Waals surface area contributed by atoms with Crippen molar-refractivity contribution in [3.63, 3.8) is 0 Å². The predicted octanol–water partition coefficient (Wildman–Crippen LogP) is 3.50. The zero-order valence-corrected chi connectivity index (χ0v) is 12.9. The summed E-state index contributed by atoms with van der Waals surface area (Å²) in [6, 6.07) is 0. The van der Waals surface area contributed by atoms with Crippen LogP contribution in [0.5, 0.6) is 0 Å². The first-order valence-corrected chi connectivity index (χ1v) is 7.54. The first kappa shape index (κ1) is 13.3. The summed E-state index contributed by atoms with van der Waals surface area (Å²) < 4.78 is 0. The van der Waals surface area contributed by atoms with Crippen LogP contribution in [-0.4, -0.2) is 31.1 Å². The molecular weight excluding hydrogens is 264 g/mol. The molecule has 2 rings (SSSR count). The van der Waals surface area contributed by atoms with E-state index in [-0.39, 0.29) is 0 Å². The summed E-state index contributed by atoms with van der Waals surface area (Å²) in [6.45, 7) is 4.34. The van der Waals surface area contributed by atoms with Crippen molar-refractivity contribution in [2.45, 2.75) is 19.8 Å². The second-order valence-corrected chi connectivity index (χ2v) is 6.38. The van der Waals surface area contributed by atoms with Gasteiger partial charge in [0.1, 0.15) is 0 Å². The van der Waals surface area contributed by atoms with E-state index in [1.165, 1.54) is 4.88 Å². The lowest BCUT2D eigenvalue weighted by molar-refractivity contribution is 0.831. The predicted molar refractivity (Wildman–Crippen MR) is 81.2 cm³/mol. The average Bonchev–Trinajstić information content (AvgIpc) is 2.95. The van der Waals surface area contributed by atoms with Crippen molar-refractivity contribution in [3.05, 3.63) is 11.1 Å². The van der Waals surface area contributed by atoms with E-state index in [2.05, 4.69) is 29.5 Å². The first-order chi connectivity index (χ1) is 8.52. The Balaban J connectivity index is 2.47. The maximum Gasteiger partial charge on any atom is 0.185 e. The van der Waals surface area contributed by atoms with Crippen LogP contribution in [0.4, 0.5) is 10.3 Å². The van der Waals surface area contributed by atoms with Gasteiger partial charge in [-0.2, -0.15) is 0 Å². The fraction of sp³-hybridized carbons (Fsp3) is 0.500. The lowest BCUT2D eigenvalue weighted by Gasteiger charge is -2.05. The summed E-state index contributed by atoms with van der Waals surface area (Å²) in [4.78, 5) is 12.5. The van der Waals surface area contributed by atoms with Crippen LogP contribution in [0.1, 0.15) is 25.5 Å². The van der Waals surface area contributed by atoms with Gasteiger partial charge in [-0.25, -0.2) is 9.97 Å². The molecule has 0 radical (unpaired) electrons. The van der Waals surface area contributed by atoms with E-state index in [0.717, 1.165) is 21.7 Å². The molecule has 0 fully saturated rings. The molecule has 0 saturated carbocycles. The van der Waals surface area contributed by atoms with Gasteiger partial charge < -0.3 is 10.2 Å². The molecule has 6 heteroatoms. The zero-order chi connectivity index (χ0) is 13.3. The minimum absolute atomic E-state index is 0.407. The van der Waals surface area contributed by atoms with Crippen LogP contribution < -0.4 is 10.2 Å². The number of aromatic nitrogens is 2. The molecule has 1 N–H and O–H groups in total. The molecule has 0 aromatic carbocycles. The highest BCUT2D eigenvalue weighted by Gasteiger charge is 2.18. The SMILES string of the molecule is CNc1nc(-c2sc(N(C)C)nc2C(C)C)cs1. The Morgan fingerprint density at radius 2 is 2.00 bits per heavy atom. The molecule has 2 aromatic rings. The van der Waals surface area contributed by atoms with Gasteiger partial charge in [-0.1, -0.05) is 25.2 Å². The van der Waals surface area contributed by atoms with Gasteiger partial charge in [0, 0.05) is 26.5 Å². The van der Waals surface area contributed by atoms with Gasteiger partial charge in [0.05, 0.1) is 16.3 Å². The quantitative estimate of drug-likeness (QED) is 0.932. The Bertz CT molecular complexity index is 528. The molecule has 0 saturated heterocycles. The monoisotopic (exact) mass is 282 g/mol. The van der Waals surface area contributed by atoms with Crippen LogP contribution in [0.15, 0.2) is 5.38 Å². The summed E-state index contributed by atoms with van der Waals surface area (Å²) in [5.74, 6) is 0.407. The molecule has 18 heavy (non-hydrogen) atoms. The number of hydrogen-bond donors (Lipinski definition) is 1. The van der Waals surface area contributed by atoms with Crippen LogP contribution in [0.3, 0.4) is 0 Å². The molecule has 4 nitrogen and oxygen atoms in total. The van der Waals surface area contributed by atoms with E-state index < -0.39 is 0 Å². The van der Waals surface area contributed by atoms with Crippen LogP contribution in [0.25, 0.3) is 10.6 Å². The largest absolute Gasteiger partial charge is 0.365 e. The second-order valence-electron chi connectivity index (χ2n) is 4.55. The molecule has 0 aliphatic heterocycles. The van der Waals surface area contributed by atoms with Crippen molar-refractivity contribution in [1.82, 2.24) is 9.97 Å². The third-order valence-corrected chi connectivity index (χ3v) is 4.64. The van der Waals surface area contributed by atoms with Gasteiger partial charge in [-0.15, -0.1) is 11.3 Å². The normalized spacial score (nSPS) is 11.0. The van der Waals surface area contributed by atoms with Gasteiger partial charge in [0.15, 0.2) is 10.3 Å². The van der Waals surface area contributed by atoms with Gasteiger partial charge >= 0.3 is 0 Å². The summed E-state index contributed by atoms with van der Waals surface area (Å²) in [7, 11) is 5.93. The Kier molecular flexibility index (Phi) is 3.87. The maximum absolute atomic E-state index is 4.71. The van der Waals surface area contributed by atoms with Crippen molar-refractivity contribution in [2.75, 3.05) is 31.4 Å². The molecule has 0 atom stereocenters. The van der Waals surface area contributed by atoms with Gasteiger partial charge in [0.2, 0.25) is 0 Å². The van der Waals surface area contributed by atoms with Gasteiger partial charge in [-0.05, 0) is 5.92 Å². The van der Waals surface area contributed by atoms with E-state index in [1.807, 2.05) is 26.0 Å². The third-order valence-electron chi connectivity index (χ3n) is 2.52. The van der Waals surface area contributed by atoms with E-state index in [0.29, 0.717) is 5.92 Å². The van der Waals surface area contributed by atoms with Crippen molar-refractivity contribution in [1.29, 1.82) is 0 Å². The molecule has 98 valence electrons. The fourth-order valence-electron chi connectivity index (χ4n) is 1.58. The van der Waals surface area contributed by atoms with Crippen molar-refractivity contribution >= 4 is 32.9 Å². The number of nitrogens with one attached hydrogen (secondary N) is 1. The summed E-state index contributed by atoms with van der Waals surface area (Å²) in [5, 5.41) is 7.14. The number of anilines is 2. The van der Waals surface area contributed by atoms with Crippen molar-refractivity contribution in [3.8, 4) is 10.6 Å². The molecule has 2 aromatic heterocycles. The van der Waals surface area contributed by atoms with Crippen LogP contribution >= 0.6 is 22.7 Å². The minimum Gasteiger partial charge on any atom is -0.365 e. The minimum atomic E-state index is 0.407. The average molecular weight is 282 g/mol. The first-order valence-electron chi connectivity index (χ1n) is 5.84. The molecule has 0 aliphatic rings. The smallest absolute Gasteiger partial charge is 0.185 e. The fourth-order valence-corrected chi connectivity index (χ4v) is 3.42. The number of nitrogens with zero attached hydrogens (tertiary/aromatic N) is 3. The van der Waals surface area contributed by atoms with E-state index in [9.17, 15) is 0 Å². The number of hydrogen-bond acceptors (Lipinski definition) is 6. The third kappa shape index (κ3) is 2.49. The summed E-state index contributed by atoms with van der Waals surface area (Å²) in [6.07, 6.45) is 0. The Hall–Kier alpha value is -1.14. The standard InChI is InChI=1S/C12H18N4S2/c1-7(2)9-10(18-12(15-9)16(4)5)8-6-17-11(13-3)14-8/h6-7H,1-5H3,(H,13,14). The molecule has 2 heterocycles. The van der Waals surface area contributed by atoms with Crippen LogP contribution in [0, 0.1) is 0 Å². The molecule has 0 aliphatic carbocycles. The summed E-state index contributed by atoms with van der Waals surface area (Å²) >= 11 is 3.33. The Morgan fingerprint density at radius 1 is 1.28 bits per heavy atom. The van der Waals surface area contributed by atoms with Gasteiger partial charge in [-0.3, -0.25) is 0 Å². The summed E-state index contributed by atoms with van der Waals surface area (Å²) in [5.41, 5.74) is 2.16. The topological polar surface area (TPSA) is 41.1 Å². The van der Waals surface area contributed by atoms with Crippen molar-refractivity contribution in [2.24, 2.45) is 0 Å². The van der Waals surface area contributed by atoms with Crippen LogP contribution in [0.2, 0.25) is 0 Å². The maximum atomic E-state index is 4.71. The molecule has 0 spiro atoms. The lowest BCUT2D eigenvalue weighted by Crippen LogP contribution is -2.08. The highest BCUT2D eigenvalue weighted by Crippen LogP contribution is 2.38. The van der Waals surface area contributed by atoms with Crippen LogP contribution in [-0.2, 0) is 0 Å². The molecule has 0 bridgehead atoms. The number of rotatable bonds is 4. The molecular formula is C12H18N4S2. The Morgan fingerprint density at radius 3 is 2.50 bits per heavy atom. The van der Waals surface area contributed by atoms with E-state index in [1.54, 1.807) is 22.7 Å². The van der Waals surface area contributed by atoms with Crippen molar-refractivity contribution < 1.29 is 0 Å². The molecule has 0 unspecified atom stereocenters.